The molecule has 0 amide bonds. The number of hydrogen-bond acceptors (Lipinski definition) is 5. The van der Waals surface area contributed by atoms with E-state index in [1.807, 2.05) is 12.5 Å². The van der Waals surface area contributed by atoms with E-state index in [1.54, 1.807) is 0 Å². The highest BCUT2D eigenvalue weighted by Crippen LogP contribution is 2.24. The molecule has 0 bridgehead atoms. The molecule has 1 aliphatic heterocycles. The standard InChI is InChI=1S/C8H17O5S/c1-14(2)8-7(12)6(11)5(10)4(3-9)13-8/h4-12H,3H2,1-2H3/q+1. The zero-order valence-electron chi connectivity index (χ0n) is 8.20. The summed E-state index contributed by atoms with van der Waals surface area (Å²) in [5.41, 5.74) is -0.523. The Kier molecular flexibility index (Phi) is 4.17. The van der Waals surface area contributed by atoms with E-state index in [-0.39, 0.29) is 17.5 Å². The first-order chi connectivity index (χ1) is 6.49. The average Bonchev–Trinajstić information content (AvgIpc) is 2.14. The summed E-state index contributed by atoms with van der Waals surface area (Å²) in [6, 6.07) is 0. The maximum absolute atomic E-state index is 9.58. The van der Waals surface area contributed by atoms with E-state index >= 15 is 0 Å². The summed E-state index contributed by atoms with van der Waals surface area (Å²) in [6.45, 7) is -0.362. The van der Waals surface area contributed by atoms with Crippen molar-refractivity contribution in [3.63, 3.8) is 0 Å². The van der Waals surface area contributed by atoms with Crippen LogP contribution in [0.1, 0.15) is 0 Å². The van der Waals surface area contributed by atoms with Crippen LogP contribution in [0.4, 0.5) is 0 Å². The Morgan fingerprint density at radius 3 is 2.07 bits per heavy atom. The second kappa shape index (κ2) is 4.78. The van der Waals surface area contributed by atoms with Crippen molar-refractivity contribution in [3.05, 3.63) is 0 Å². The van der Waals surface area contributed by atoms with Gasteiger partial charge in [0.25, 0.3) is 0 Å². The van der Waals surface area contributed by atoms with Gasteiger partial charge in [-0.1, -0.05) is 0 Å². The minimum atomic E-state index is -1.25. The molecule has 6 heteroatoms. The summed E-state index contributed by atoms with van der Waals surface area (Å²) in [7, 11) is -0.244. The van der Waals surface area contributed by atoms with Crippen molar-refractivity contribution in [3.8, 4) is 0 Å². The van der Waals surface area contributed by atoms with E-state index in [1.165, 1.54) is 0 Å². The lowest BCUT2D eigenvalue weighted by atomic mass is 10.0. The predicted octanol–water partition coefficient (Wildman–Crippen LogP) is -2.34. The second-order valence-electron chi connectivity index (χ2n) is 3.58. The number of ether oxygens (including phenoxy) is 1. The van der Waals surface area contributed by atoms with Crippen molar-refractivity contribution < 1.29 is 25.2 Å². The molecule has 14 heavy (non-hydrogen) atoms. The molecule has 0 aliphatic carbocycles. The van der Waals surface area contributed by atoms with Crippen LogP contribution in [0.15, 0.2) is 0 Å². The van der Waals surface area contributed by atoms with Crippen molar-refractivity contribution in [1.29, 1.82) is 0 Å². The molecule has 5 unspecified atom stereocenters. The third-order valence-corrected chi connectivity index (χ3v) is 3.63. The van der Waals surface area contributed by atoms with Crippen molar-refractivity contribution in [2.24, 2.45) is 0 Å². The van der Waals surface area contributed by atoms with Crippen LogP contribution in [0.3, 0.4) is 0 Å². The van der Waals surface area contributed by atoms with Crippen LogP contribution in [0, 0.1) is 0 Å². The van der Waals surface area contributed by atoms with Gasteiger partial charge in [0.05, 0.1) is 19.1 Å². The van der Waals surface area contributed by atoms with E-state index in [9.17, 15) is 15.3 Å². The van der Waals surface area contributed by atoms with Crippen LogP contribution < -0.4 is 0 Å². The van der Waals surface area contributed by atoms with Crippen LogP contribution in [0.25, 0.3) is 0 Å². The van der Waals surface area contributed by atoms with E-state index in [0.29, 0.717) is 0 Å². The molecule has 0 radical (unpaired) electrons. The van der Waals surface area contributed by atoms with Crippen LogP contribution >= 0.6 is 0 Å². The molecule has 0 aromatic heterocycles. The number of aliphatic hydroxyl groups is 4. The monoisotopic (exact) mass is 225 g/mol. The number of rotatable bonds is 2. The smallest absolute Gasteiger partial charge is 0.246 e. The van der Waals surface area contributed by atoms with E-state index in [2.05, 4.69) is 0 Å². The van der Waals surface area contributed by atoms with Gasteiger partial charge in [-0.05, 0) is 0 Å². The van der Waals surface area contributed by atoms with Crippen molar-refractivity contribution in [2.75, 3.05) is 19.1 Å². The lowest BCUT2D eigenvalue weighted by Crippen LogP contribution is -2.60. The molecule has 5 nitrogen and oxygen atoms in total. The second-order valence-corrected chi connectivity index (χ2v) is 5.80. The third-order valence-electron chi connectivity index (χ3n) is 2.31. The minimum absolute atomic E-state index is 0.244. The highest BCUT2D eigenvalue weighted by molar-refractivity contribution is 7.96. The number of aliphatic hydroxyl groups excluding tert-OH is 4. The van der Waals surface area contributed by atoms with Crippen molar-refractivity contribution in [2.45, 2.75) is 29.9 Å². The maximum atomic E-state index is 9.58. The van der Waals surface area contributed by atoms with E-state index in [0.717, 1.165) is 0 Å². The molecule has 1 saturated heterocycles. The highest BCUT2D eigenvalue weighted by Gasteiger charge is 2.48. The zero-order chi connectivity index (χ0) is 10.9. The van der Waals surface area contributed by atoms with Gasteiger partial charge >= 0.3 is 0 Å². The molecule has 0 aromatic carbocycles. The highest BCUT2D eigenvalue weighted by atomic mass is 32.2. The average molecular weight is 225 g/mol. The lowest BCUT2D eigenvalue weighted by Gasteiger charge is -2.37. The molecule has 1 aliphatic rings. The largest absolute Gasteiger partial charge is 0.394 e. The van der Waals surface area contributed by atoms with Gasteiger partial charge in [-0.15, -0.1) is 0 Å². The van der Waals surface area contributed by atoms with Gasteiger partial charge in [0.2, 0.25) is 5.44 Å². The van der Waals surface area contributed by atoms with Gasteiger partial charge in [0, 0.05) is 10.9 Å². The zero-order valence-corrected chi connectivity index (χ0v) is 9.02. The van der Waals surface area contributed by atoms with Crippen LogP contribution in [0.5, 0.6) is 0 Å². The fourth-order valence-electron chi connectivity index (χ4n) is 1.46. The normalized spacial score (nSPS) is 44.4. The molecule has 1 fully saturated rings. The molecule has 84 valence electrons. The Balaban J connectivity index is 2.73. The summed E-state index contributed by atoms with van der Waals surface area (Å²) in [5.74, 6) is 0. The quantitative estimate of drug-likeness (QED) is 0.396. The Bertz CT molecular complexity index is 187. The van der Waals surface area contributed by atoms with E-state index in [4.69, 9.17) is 9.84 Å². The maximum Gasteiger partial charge on any atom is 0.246 e. The Morgan fingerprint density at radius 1 is 1.07 bits per heavy atom. The van der Waals surface area contributed by atoms with Gasteiger partial charge in [-0.25, -0.2) is 0 Å². The molecular formula is C8H17O5S+. The fraction of sp³-hybridized carbons (Fsp3) is 1.00. The molecule has 4 N–H and O–H groups in total. The molecule has 0 saturated carbocycles. The summed E-state index contributed by atoms with van der Waals surface area (Å²) in [6.07, 6.45) is -0.644. The van der Waals surface area contributed by atoms with Crippen molar-refractivity contribution >= 4 is 10.9 Å². The minimum Gasteiger partial charge on any atom is -0.394 e. The number of hydrogen-bond donors (Lipinski definition) is 4. The first-order valence-corrected chi connectivity index (χ1v) is 6.46. The Hall–Kier alpha value is 0.150. The first-order valence-electron chi connectivity index (χ1n) is 4.36. The SMILES string of the molecule is C[S+](C)C1OC(CO)C(O)C(O)C1O. The van der Waals surface area contributed by atoms with Gasteiger partial charge in [-0.2, -0.15) is 0 Å². The first kappa shape index (κ1) is 12.2. The van der Waals surface area contributed by atoms with Gasteiger partial charge in [0.1, 0.15) is 18.3 Å². The third kappa shape index (κ3) is 2.21. The van der Waals surface area contributed by atoms with E-state index < -0.39 is 29.9 Å². The molecule has 1 rings (SSSR count). The van der Waals surface area contributed by atoms with Gasteiger partial charge in [-0.3, -0.25) is 0 Å². The van der Waals surface area contributed by atoms with Gasteiger partial charge < -0.3 is 25.2 Å². The lowest BCUT2D eigenvalue weighted by molar-refractivity contribution is -0.206. The molecule has 5 atom stereocenters. The Labute approximate surface area is 85.7 Å². The van der Waals surface area contributed by atoms with Crippen molar-refractivity contribution in [1.82, 2.24) is 0 Å². The summed E-state index contributed by atoms with van der Waals surface area (Å²) in [4.78, 5) is 0. The molecule has 0 spiro atoms. The predicted molar refractivity (Wildman–Crippen MR) is 53.0 cm³/mol. The van der Waals surface area contributed by atoms with Crippen LogP contribution in [-0.2, 0) is 15.6 Å². The Morgan fingerprint density at radius 2 is 1.64 bits per heavy atom. The summed E-state index contributed by atoms with van der Waals surface area (Å²) in [5, 5.41) is 37.4. The fourth-order valence-corrected chi connectivity index (χ4v) is 2.54. The molecule has 1 heterocycles. The van der Waals surface area contributed by atoms with Crippen LogP contribution in [0.2, 0.25) is 0 Å². The summed E-state index contributed by atoms with van der Waals surface area (Å²) >= 11 is 0. The molecule has 0 aromatic rings. The van der Waals surface area contributed by atoms with Gasteiger partial charge in [0.15, 0.2) is 6.10 Å². The van der Waals surface area contributed by atoms with Crippen LogP contribution in [-0.4, -0.2) is 69.4 Å². The molecular weight excluding hydrogens is 208 g/mol. The topological polar surface area (TPSA) is 90.2 Å². The summed E-state index contributed by atoms with van der Waals surface area (Å²) < 4.78 is 5.29.